The molecule has 6 heteroatoms. The van der Waals surface area contributed by atoms with E-state index in [1.165, 1.54) is 0 Å². The molecule has 0 saturated carbocycles. The molecular weight excluding hydrogens is 246 g/mol. The van der Waals surface area contributed by atoms with Gasteiger partial charge in [0, 0.05) is 17.7 Å². The summed E-state index contributed by atoms with van der Waals surface area (Å²) >= 11 is 1.54. The number of rotatable bonds is 2. The van der Waals surface area contributed by atoms with Crippen molar-refractivity contribution in [3.8, 4) is 10.6 Å². The maximum atomic E-state index is 5.76. The van der Waals surface area contributed by atoms with Crippen LogP contribution < -0.4 is 5.73 Å². The summed E-state index contributed by atoms with van der Waals surface area (Å²) in [5.41, 5.74) is 8.76. The summed E-state index contributed by atoms with van der Waals surface area (Å²) in [5, 5.41) is 13.7. The average Bonchev–Trinajstić information content (AvgIpc) is 2.88. The molecule has 0 bridgehead atoms. The first-order valence-electron chi connectivity index (χ1n) is 5.76. The Labute approximate surface area is 108 Å². The molecule has 1 aromatic carbocycles. The van der Waals surface area contributed by atoms with E-state index in [1.54, 1.807) is 11.3 Å². The fourth-order valence-corrected chi connectivity index (χ4v) is 2.86. The van der Waals surface area contributed by atoms with Crippen molar-refractivity contribution < 1.29 is 0 Å². The molecule has 18 heavy (non-hydrogen) atoms. The zero-order chi connectivity index (χ0) is 12.7. The van der Waals surface area contributed by atoms with Gasteiger partial charge in [0.2, 0.25) is 4.96 Å². The molecule has 2 aromatic heterocycles. The van der Waals surface area contributed by atoms with Gasteiger partial charge in [-0.2, -0.15) is 9.61 Å². The lowest BCUT2D eigenvalue weighted by molar-refractivity contribution is 0.837. The second kappa shape index (κ2) is 4.06. The third-order valence-corrected chi connectivity index (χ3v) is 3.78. The highest BCUT2D eigenvalue weighted by Crippen LogP contribution is 2.29. The van der Waals surface area contributed by atoms with Crippen molar-refractivity contribution in [2.45, 2.75) is 20.3 Å². The van der Waals surface area contributed by atoms with Crippen LogP contribution in [0.2, 0.25) is 0 Å². The number of benzene rings is 1. The maximum absolute atomic E-state index is 5.76. The molecule has 3 rings (SSSR count). The molecule has 0 atom stereocenters. The van der Waals surface area contributed by atoms with Gasteiger partial charge in [0.25, 0.3) is 0 Å². The van der Waals surface area contributed by atoms with Crippen molar-refractivity contribution in [2.75, 3.05) is 5.73 Å². The molecular formula is C12H13N5S. The number of fused-ring (bicyclic) bond motifs is 1. The minimum atomic E-state index is 0.772. The first kappa shape index (κ1) is 11.2. The van der Waals surface area contributed by atoms with Crippen molar-refractivity contribution in [2.24, 2.45) is 0 Å². The topological polar surface area (TPSA) is 69.1 Å². The number of aryl methyl sites for hydroxylation is 2. The molecule has 0 saturated heterocycles. The van der Waals surface area contributed by atoms with Crippen LogP contribution in [0.1, 0.15) is 18.3 Å². The first-order chi connectivity index (χ1) is 8.69. The SMILES string of the molecule is CCc1nnc2sc(-c3ccc(N)cc3C)nn12. The van der Waals surface area contributed by atoms with Gasteiger partial charge >= 0.3 is 0 Å². The lowest BCUT2D eigenvalue weighted by Crippen LogP contribution is -1.94. The summed E-state index contributed by atoms with van der Waals surface area (Å²) in [7, 11) is 0. The van der Waals surface area contributed by atoms with Gasteiger partial charge in [-0.1, -0.05) is 18.3 Å². The minimum absolute atomic E-state index is 0.772. The van der Waals surface area contributed by atoms with Crippen molar-refractivity contribution in [1.82, 2.24) is 19.8 Å². The van der Waals surface area contributed by atoms with E-state index in [0.29, 0.717) is 0 Å². The minimum Gasteiger partial charge on any atom is -0.399 e. The van der Waals surface area contributed by atoms with Crippen molar-refractivity contribution in [3.05, 3.63) is 29.6 Å². The Hall–Kier alpha value is -1.95. The second-order valence-corrected chi connectivity index (χ2v) is 5.10. The summed E-state index contributed by atoms with van der Waals surface area (Å²) < 4.78 is 1.82. The van der Waals surface area contributed by atoms with Gasteiger partial charge in [-0.05, 0) is 30.7 Å². The number of hydrogen-bond donors (Lipinski definition) is 1. The van der Waals surface area contributed by atoms with Crippen molar-refractivity contribution >= 4 is 22.0 Å². The zero-order valence-corrected chi connectivity index (χ0v) is 11.0. The summed E-state index contributed by atoms with van der Waals surface area (Å²) in [5.74, 6) is 0.889. The van der Waals surface area contributed by atoms with Crippen LogP contribution in [-0.4, -0.2) is 19.8 Å². The number of hydrogen-bond acceptors (Lipinski definition) is 5. The summed E-state index contributed by atoms with van der Waals surface area (Å²) in [6.07, 6.45) is 0.824. The normalized spacial score (nSPS) is 11.2. The van der Waals surface area contributed by atoms with Gasteiger partial charge in [0.15, 0.2) is 5.82 Å². The average molecular weight is 259 g/mol. The van der Waals surface area contributed by atoms with Gasteiger partial charge in [-0.25, -0.2) is 0 Å². The Bertz CT molecular complexity index is 712. The van der Waals surface area contributed by atoms with E-state index >= 15 is 0 Å². The highest BCUT2D eigenvalue weighted by Gasteiger charge is 2.13. The Balaban J connectivity index is 2.16. The van der Waals surface area contributed by atoms with Crippen LogP contribution in [-0.2, 0) is 6.42 Å². The molecule has 0 aliphatic carbocycles. The van der Waals surface area contributed by atoms with Crippen molar-refractivity contribution in [3.63, 3.8) is 0 Å². The quantitative estimate of drug-likeness (QED) is 0.717. The lowest BCUT2D eigenvalue weighted by Gasteiger charge is -2.02. The highest BCUT2D eigenvalue weighted by atomic mass is 32.1. The molecule has 0 fully saturated rings. The Morgan fingerprint density at radius 3 is 2.89 bits per heavy atom. The standard InChI is InChI=1S/C12H13N5S/c1-3-10-14-15-12-17(10)16-11(18-12)9-5-4-8(13)6-7(9)2/h4-6H,3,13H2,1-2H3. The molecule has 0 unspecified atom stereocenters. The number of anilines is 1. The predicted molar refractivity (Wildman–Crippen MR) is 72.6 cm³/mol. The van der Waals surface area contributed by atoms with Crippen LogP contribution in [0.15, 0.2) is 18.2 Å². The van der Waals surface area contributed by atoms with E-state index in [-0.39, 0.29) is 0 Å². The maximum Gasteiger partial charge on any atom is 0.234 e. The summed E-state index contributed by atoms with van der Waals surface area (Å²) in [4.78, 5) is 0.832. The molecule has 3 aromatic rings. The van der Waals surface area contributed by atoms with Crippen LogP contribution in [0.3, 0.4) is 0 Å². The van der Waals surface area contributed by atoms with Gasteiger partial charge < -0.3 is 5.73 Å². The van der Waals surface area contributed by atoms with Crippen molar-refractivity contribution in [1.29, 1.82) is 0 Å². The first-order valence-corrected chi connectivity index (χ1v) is 6.58. The molecule has 0 aliphatic rings. The van der Waals surface area contributed by atoms with E-state index in [4.69, 9.17) is 5.73 Å². The number of aromatic nitrogens is 4. The molecule has 0 radical (unpaired) electrons. The molecule has 5 nitrogen and oxygen atoms in total. The van der Waals surface area contributed by atoms with Gasteiger partial charge in [-0.15, -0.1) is 10.2 Å². The van der Waals surface area contributed by atoms with Crippen LogP contribution in [0.25, 0.3) is 15.5 Å². The summed E-state index contributed by atoms with van der Waals surface area (Å²) in [6.45, 7) is 4.08. The van der Waals surface area contributed by atoms with Gasteiger partial charge in [0.1, 0.15) is 5.01 Å². The molecule has 0 aliphatic heterocycles. The van der Waals surface area contributed by atoms with E-state index < -0.39 is 0 Å². The molecule has 2 N–H and O–H groups in total. The van der Waals surface area contributed by atoms with Crippen LogP contribution in [0.4, 0.5) is 5.69 Å². The fourth-order valence-electron chi connectivity index (χ4n) is 1.91. The van der Waals surface area contributed by atoms with E-state index in [2.05, 4.69) is 15.3 Å². The largest absolute Gasteiger partial charge is 0.399 e. The predicted octanol–water partition coefficient (Wildman–Crippen LogP) is 2.31. The molecule has 92 valence electrons. The Kier molecular flexibility index (Phi) is 2.52. The molecule has 0 spiro atoms. The Morgan fingerprint density at radius 1 is 1.33 bits per heavy atom. The molecule has 2 heterocycles. The van der Waals surface area contributed by atoms with Crippen LogP contribution in [0, 0.1) is 6.92 Å². The van der Waals surface area contributed by atoms with Gasteiger partial charge in [-0.3, -0.25) is 0 Å². The smallest absolute Gasteiger partial charge is 0.234 e. The summed E-state index contributed by atoms with van der Waals surface area (Å²) in [6, 6.07) is 5.85. The third-order valence-electron chi connectivity index (χ3n) is 2.85. The monoisotopic (exact) mass is 259 g/mol. The lowest BCUT2D eigenvalue weighted by atomic mass is 10.1. The number of nitrogens with two attached hydrogens (primary N) is 1. The van der Waals surface area contributed by atoms with E-state index in [9.17, 15) is 0 Å². The zero-order valence-electron chi connectivity index (χ0n) is 10.2. The molecule has 0 amide bonds. The highest BCUT2D eigenvalue weighted by molar-refractivity contribution is 7.19. The fraction of sp³-hybridized carbons (Fsp3) is 0.250. The number of nitrogens with zero attached hydrogens (tertiary/aromatic N) is 4. The number of nitrogen functional groups attached to an aromatic ring is 1. The van der Waals surface area contributed by atoms with Crippen LogP contribution >= 0.6 is 11.3 Å². The van der Waals surface area contributed by atoms with E-state index in [0.717, 1.165) is 39.0 Å². The third kappa shape index (κ3) is 1.65. The Morgan fingerprint density at radius 2 is 2.17 bits per heavy atom. The van der Waals surface area contributed by atoms with Gasteiger partial charge in [0.05, 0.1) is 0 Å². The second-order valence-electron chi connectivity index (χ2n) is 4.15. The van der Waals surface area contributed by atoms with E-state index in [1.807, 2.05) is 36.6 Å². The van der Waals surface area contributed by atoms with Crippen LogP contribution in [0.5, 0.6) is 0 Å².